The van der Waals surface area contributed by atoms with Gasteiger partial charge in [-0.25, -0.2) is 0 Å². The number of hydrogen-bond acceptors (Lipinski definition) is 3. The number of nitrogens with one attached hydrogen (secondary N) is 2. The van der Waals surface area contributed by atoms with Gasteiger partial charge in [0.15, 0.2) is 5.96 Å². The second-order valence-corrected chi connectivity index (χ2v) is 6.25. The molecule has 2 N–H and O–H groups in total. The standard InChI is InChI=1S/C19H26N6O/c1-20-19(21-10-5-12-24-13-6-11-23-24)22-15-18(26)25-14-4-8-16-7-2-3-9-17(16)25/h2-3,6-7,9,11,13H,4-5,8,10,12,14-15H2,1H3,(H2,20,21,22). The Morgan fingerprint density at radius 3 is 2.96 bits per heavy atom. The largest absolute Gasteiger partial charge is 0.356 e. The molecule has 0 unspecified atom stereocenters. The fourth-order valence-electron chi connectivity index (χ4n) is 3.15. The van der Waals surface area contributed by atoms with Gasteiger partial charge < -0.3 is 15.5 Å². The molecule has 0 spiro atoms. The minimum absolute atomic E-state index is 0.0663. The van der Waals surface area contributed by atoms with E-state index in [1.165, 1.54) is 5.56 Å². The predicted octanol–water partition coefficient (Wildman–Crippen LogP) is 1.42. The summed E-state index contributed by atoms with van der Waals surface area (Å²) in [5.41, 5.74) is 2.28. The van der Waals surface area contributed by atoms with Gasteiger partial charge in [0.2, 0.25) is 5.91 Å². The van der Waals surface area contributed by atoms with Crippen LogP contribution in [0.15, 0.2) is 47.7 Å². The Labute approximate surface area is 154 Å². The molecule has 3 rings (SSSR count). The highest BCUT2D eigenvalue weighted by Gasteiger charge is 2.21. The fourth-order valence-corrected chi connectivity index (χ4v) is 3.15. The molecular weight excluding hydrogens is 328 g/mol. The smallest absolute Gasteiger partial charge is 0.246 e. The molecule has 0 radical (unpaired) electrons. The van der Waals surface area contributed by atoms with Crippen molar-refractivity contribution in [3.05, 3.63) is 48.3 Å². The van der Waals surface area contributed by atoms with E-state index in [4.69, 9.17) is 0 Å². The van der Waals surface area contributed by atoms with E-state index in [0.717, 1.165) is 44.6 Å². The summed E-state index contributed by atoms with van der Waals surface area (Å²) >= 11 is 0. The van der Waals surface area contributed by atoms with Gasteiger partial charge in [-0.1, -0.05) is 18.2 Å². The van der Waals surface area contributed by atoms with E-state index in [9.17, 15) is 4.79 Å². The summed E-state index contributed by atoms with van der Waals surface area (Å²) in [6.45, 7) is 2.61. The second kappa shape index (κ2) is 9.03. The zero-order valence-corrected chi connectivity index (χ0v) is 15.2. The lowest BCUT2D eigenvalue weighted by molar-refractivity contribution is -0.117. The zero-order chi connectivity index (χ0) is 18.2. The van der Waals surface area contributed by atoms with Crippen molar-refractivity contribution in [2.24, 2.45) is 4.99 Å². The van der Waals surface area contributed by atoms with Gasteiger partial charge in [-0.3, -0.25) is 14.5 Å². The normalized spacial score (nSPS) is 14.0. The lowest BCUT2D eigenvalue weighted by atomic mass is 10.0. The maximum absolute atomic E-state index is 12.6. The lowest BCUT2D eigenvalue weighted by Gasteiger charge is -2.29. The van der Waals surface area contributed by atoms with Crippen LogP contribution in [-0.4, -0.2) is 48.3 Å². The Morgan fingerprint density at radius 1 is 1.27 bits per heavy atom. The van der Waals surface area contributed by atoms with Crippen molar-refractivity contribution in [1.29, 1.82) is 0 Å². The van der Waals surface area contributed by atoms with E-state index >= 15 is 0 Å². The van der Waals surface area contributed by atoms with Crippen LogP contribution in [0.1, 0.15) is 18.4 Å². The number of para-hydroxylation sites is 1. The Kier molecular flexibility index (Phi) is 6.24. The predicted molar refractivity (Wildman–Crippen MR) is 103 cm³/mol. The summed E-state index contributed by atoms with van der Waals surface area (Å²) in [6.07, 6.45) is 6.69. The fraction of sp³-hybridized carbons (Fsp3) is 0.421. The number of carbonyl (C=O) groups excluding carboxylic acids is 1. The van der Waals surface area contributed by atoms with Crippen LogP contribution < -0.4 is 15.5 Å². The third kappa shape index (κ3) is 4.62. The molecule has 7 nitrogen and oxygen atoms in total. The first-order valence-electron chi connectivity index (χ1n) is 9.08. The minimum Gasteiger partial charge on any atom is -0.356 e. The van der Waals surface area contributed by atoms with Crippen LogP contribution in [0.3, 0.4) is 0 Å². The number of aryl methyl sites for hydroxylation is 2. The Morgan fingerprint density at radius 2 is 2.15 bits per heavy atom. The second-order valence-electron chi connectivity index (χ2n) is 6.25. The van der Waals surface area contributed by atoms with Crippen molar-refractivity contribution in [2.45, 2.75) is 25.8 Å². The molecule has 1 aliphatic rings. The number of aromatic nitrogens is 2. The van der Waals surface area contributed by atoms with Gasteiger partial charge in [-0.2, -0.15) is 5.10 Å². The van der Waals surface area contributed by atoms with Crippen molar-refractivity contribution in [3.8, 4) is 0 Å². The summed E-state index contributed by atoms with van der Waals surface area (Å²) in [6, 6.07) is 10.0. The SMILES string of the molecule is CN=C(NCCCn1cccn1)NCC(=O)N1CCCc2ccccc21. The number of guanidine groups is 1. The lowest BCUT2D eigenvalue weighted by Crippen LogP contribution is -2.46. The molecule has 1 aromatic heterocycles. The van der Waals surface area contributed by atoms with Gasteiger partial charge in [-0.15, -0.1) is 0 Å². The highest BCUT2D eigenvalue weighted by Crippen LogP contribution is 2.26. The van der Waals surface area contributed by atoms with E-state index in [0.29, 0.717) is 5.96 Å². The molecule has 0 aliphatic carbocycles. The molecule has 1 aromatic carbocycles. The maximum atomic E-state index is 12.6. The van der Waals surface area contributed by atoms with Crippen LogP contribution in [0.4, 0.5) is 5.69 Å². The highest BCUT2D eigenvalue weighted by atomic mass is 16.2. The first-order valence-corrected chi connectivity index (χ1v) is 9.08. The average molecular weight is 354 g/mol. The van der Waals surface area contributed by atoms with Crippen molar-refractivity contribution < 1.29 is 4.79 Å². The van der Waals surface area contributed by atoms with Crippen LogP contribution in [0, 0.1) is 0 Å². The molecule has 7 heteroatoms. The van der Waals surface area contributed by atoms with Gasteiger partial charge in [0.05, 0.1) is 6.54 Å². The van der Waals surface area contributed by atoms with Crippen LogP contribution in [-0.2, 0) is 17.8 Å². The first kappa shape index (κ1) is 18.0. The molecule has 138 valence electrons. The Balaban J connectivity index is 1.44. The van der Waals surface area contributed by atoms with Gasteiger partial charge in [0, 0.05) is 44.8 Å². The minimum atomic E-state index is 0.0663. The number of nitrogens with zero attached hydrogens (tertiary/aromatic N) is 4. The summed E-state index contributed by atoms with van der Waals surface area (Å²) in [5.74, 6) is 0.709. The number of aliphatic imine (C=N–C) groups is 1. The molecule has 2 aromatic rings. The monoisotopic (exact) mass is 354 g/mol. The van der Waals surface area contributed by atoms with Crippen molar-refractivity contribution in [2.75, 3.05) is 31.6 Å². The molecule has 1 aliphatic heterocycles. The topological polar surface area (TPSA) is 74.5 Å². The third-order valence-corrected chi connectivity index (χ3v) is 4.46. The van der Waals surface area contributed by atoms with Gasteiger partial charge >= 0.3 is 0 Å². The molecule has 0 bridgehead atoms. The van der Waals surface area contributed by atoms with E-state index in [1.807, 2.05) is 40.0 Å². The number of anilines is 1. The van der Waals surface area contributed by atoms with Crippen LogP contribution >= 0.6 is 0 Å². The van der Waals surface area contributed by atoms with Crippen LogP contribution in [0.2, 0.25) is 0 Å². The molecule has 0 fully saturated rings. The summed E-state index contributed by atoms with van der Waals surface area (Å²) < 4.78 is 1.90. The average Bonchev–Trinajstić information content (AvgIpc) is 3.20. The van der Waals surface area contributed by atoms with Gasteiger partial charge in [0.25, 0.3) is 0 Å². The van der Waals surface area contributed by atoms with Gasteiger partial charge in [-0.05, 0) is 37.0 Å². The number of fused-ring (bicyclic) bond motifs is 1. The Bertz CT molecular complexity index is 740. The molecule has 2 heterocycles. The number of amides is 1. The van der Waals surface area contributed by atoms with Crippen LogP contribution in [0.25, 0.3) is 0 Å². The maximum Gasteiger partial charge on any atom is 0.246 e. The molecular formula is C19H26N6O. The van der Waals surface area contributed by atoms with Crippen molar-refractivity contribution >= 4 is 17.6 Å². The number of rotatable bonds is 6. The number of carbonyl (C=O) groups is 1. The zero-order valence-electron chi connectivity index (χ0n) is 15.2. The quantitative estimate of drug-likeness (QED) is 0.467. The molecule has 1 amide bonds. The molecule has 0 saturated carbocycles. The number of benzene rings is 1. The molecule has 0 atom stereocenters. The van der Waals surface area contributed by atoms with Crippen LogP contribution in [0.5, 0.6) is 0 Å². The molecule has 0 saturated heterocycles. The number of hydrogen-bond donors (Lipinski definition) is 2. The summed E-state index contributed by atoms with van der Waals surface area (Å²) in [4.78, 5) is 18.7. The summed E-state index contributed by atoms with van der Waals surface area (Å²) in [5, 5.41) is 10.5. The van der Waals surface area contributed by atoms with E-state index < -0.39 is 0 Å². The Hall–Kier alpha value is -2.83. The third-order valence-electron chi connectivity index (χ3n) is 4.46. The van der Waals surface area contributed by atoms with Crippen molar-refractivity contribution in [1.82, 2.24) is 20.4 Å². The molecule has 26 heavy (non-hydrogen) atoms. The van der Waals surface area contributed by atoms with Gasteiger partial charge in [0.1, 0.15) is 0 Å². The summed E-state index contributed by atoms with van der Waals surface area (Å²) in [7, 11) is 1.71. The first-order chi connectivity index (χ1) is 12.8. The van der Waals surface area contributed by atoms with E-state index in [-0.39, 0.29) is 12.5 Å². The highest BCUT2D eigenvalue weighted by molar-refractivity contribution is 5.98. The van der Waals surface area contributed by atoms with Crippen molar-refractivity contribution in [3.63, 3.8) is 0 Å². The van der Waals surface area contributed by atoms with E-state index in [2.05, 4.69) is 26.8 Å². The van der Waals surface area contributed by atoms with E-state index in [1.54, 1.807) is 13.2 Å².